The van der Waals surface area contributed by atoms with Gasteiger partial charge in [0.25, 0.3) is 0 Å². The molecule has 0 bridgehead atoms. The molecule has 3 nitrogen and oxygen atoms in total. The van der Waals surface area contributed by atoms with E-state index < -0.39 is 0 Å². The molecule has 1 saturated carbocycles. The lowest BCUT2D eigenvalue weighted by atomic mass is 9.96. The van der Waals surface area contributed by atoms with E-state index in [9.17, 15) is 0 Å². The van der Waals surface area contributed by atoms with E-state index in [1.807, 2.05) is 13.0 Å². The van der Waals surface area contributed by atoms with Crippen LogP contribution in [0.2, 0.25) is 0 Å². The van der Waals surface area contributed by atoms with Crippen LogP contribution >= 0.6 is 0 Å². The van der Waals surface area contributed by atoms with E-state index in [-0.39, 0.29) is 6.04 Å². The third kappa shape index (κ3) is 1.93. The van der Waals surface area contributed by atoms with Crippen molar-refractivity contribution in [3.63, 3.8) is 0 Å². The highest BCUT2D eigenvalue weighted by atomic mass is 14.9. The minimum absolute atomic E-state index is 0.110. The molecule has 0 saturated heterocycles. The molecule has 1 unspecified atom stereocenters. The van der Waals surface area contributed by atoms with Crippen molar-refractivity contribution >= 4 is 0 Å². The smallest absolute Gasteiger partial charge is 0.125 e. The second-order valence-corrected chi connectivity index (χ2v) is 4.10. The molecule has 14 heavy (non-hydrogen) atoms. The van der Waals surface area contributed by atoms with Crippen LogP contribution in [0.5, 0.6) is 0 Å². The van der Waals surface area contributed by atoms with Crippen LogP contribution in [-0.4, -0.2) is 9.97 Å². The summed E-state index contributed by atoms with van der Waals surface area (Å²) in [5.74, 6) is 1.44. The van der Waals surface area contributed by atoms with Crippen molar-refractivity contribution in [3.8, 4) is 0 Å². The van der Waals surface area contributed by atoms with Gasteiger partial charge < -0.3 is 5.73 Å². The summed E-state index contributed by atoms with van der Waals surface area (Å²) in [5.41, 5.74) is 7.18. The van der Waals surface area contributed by atoms with Gasteiger partial charge in [0, 0.05) is 12.2 Å². The van der Waals surface area contributed by atoms with E-state index in [2.05, 4.69) is 9.97 Å². The summed E-state index contributed by atoms with van der Waals surface area (Å²) in [4.78, 5) is 8.46. The van der Waals surface area contributed by atoms with Crippen LogP contribution in [0.3, 0.4) is 0 Å². The van der Waals surface area contributed by atoms with Gasteiger partial charge in [0.1, 0.15) is 5.82 Å². The first-order valence-corrected chi connectivity index (χ1v) is 5.32. The molecule has 76 valence electrons. The maximum Gasteiger partial charge on any atom is 0.125 e. The van der Waals surface area contributed by atoms with Gasteiger partial charge in [-0.15, -0.1) is 0 Å². The molecule has 0 spiro atoms. The minimum atomic E-state index is 0.110. The highest BCUT2D eigenvalue weighted by molar-refractivity contribution is 5.08. The summed E-state index contributed by atoms with van der Waals surface area (Å²) in [6, 6.07) is 2.05. The predicted molar refractivity (Wildman–Crippen MR) is 55.7 cm³/mol. The average molecular weight is 191 g/mol. The quantitative estimate of drug-likeness (QED) is 0.777. The Bertz CT molecular complexity index is 305. The molecule has 1 fully saturated rings. The van der Waals surface area contributed by atoms with Gasteiger partial charge in [-0.3, -0.25) is 0 Å². The molecule has 1 aliphatic rings. The summed E-state index contributed by atoms with van der Waals surface area (Å²) < 4.78 is 0. The third-order valence-electron chi connectivity index (χ3n) is 3.05. The summed E-state index contributed by atoms with van der Waals surface area (Å²) in [6.07, 6.45) is 6.95. The van der Waals surface area contributed by atoms with Crippen LogP contribution in [0.4, 0.5) is 0 Å². The minimum Gasteiger partial charge on any atom is -0.322 e. The number of nitrogens with zero attached hydrogens (tertiary/aromatic N) is 2. The van der Waals surface area contributed by atoms with E-state index >= 15 is 0 Å². The fourth-order valence-electron chi connectivity index (χ4n) is 2.22. The summed E-state index contributed by atoms with van der Waals surface area (Å²) in [7, 11) is 0. The molecule has 2 rings (SSSR count). The number of aryl methyl sites for hydroxylation is 1. The molecular formula is C11H17N3. The first kappa shape index (κ1) is 9.59. The average Bonchev–Trinajstić information content (AvgIpc) is 2.69. The van der Waals surface area contributed by atoms with Gasteiger partial charge in [-0.1, -0.05) is 12.8 Å². The van der Waals surface area contributed by atoms with Crippen molar-refractivity contribution in [2.45, 2.75) is 38.6 Å². The molecule has 2 N–H and O–H groups in total. The Hall–Kier alpha value is -0.960. The normalized spacial score (nSPS) is 19.9. The highest BCUT2D eigenvalue weighted by Gasteiger charge is 2.23. The Morgan fingerprint density at radius 1 is 1.43 bits per heavy atom. The lowest BCUT2D eigenvalue weighted by Gasteiger charge is -2.17. The SMILES string of the molecule is Cc1nccc(C(N)C2CCCC2)n1. The van der Waals surface area contributed by atoms with Gasteiger partial charge >= 0.3 is 0 Å². The lowest BCUT2D eigenvalue weighted by molar-refractivity contribution is 0.435. The van der Waals surface area contributed by atoms with Crippen LogP contribution in [0.1, 0.15) is 43.2 Å². The maximum atomic E-state index is 6.18. The Morgan fingerprint density at radius 2 is 2.14 bits per heavy atom. The maximum absolute atomic E-state index is 6.18. The molecule has 1 aliphatic carbocycles. The molecule has 0 aliphatic heterocycles. The van der Waals surface area contributed by atoms with Crippen molar-refractivity contribution in [2.75, 3.05) is 0 Å². The van der Waals surface area contributed by atoms with Crippen LogP contribution in [0, 0.1) is 12.8 Å². The number of nitrogens with two attached hydrogens (primary N) is 1. The molecule has 1 aromatic heterocycles. The zero-order valence-electron chi connectivity index (χ0n) is 8.61. The fraction of sp³-hybridized carbons (Fsp3) is 0.636. The Labute approximate surface area is 84.8 Å². The largest absolute Gasteiger partial charge is 0.322 e. The third-order valence-corrected chi connectivity index (χ3v) is 3.05. The molecule has 1 aromatic rings. The van der Waals surface area contributed by atoms with Crippen LogP contribution in [0.15, 0.2) is 12.3 Å². The molecule has 1 atom stereocenters. The van der Waals surface area contributed by atoms with Crippen molar-refractivity contribution in [1.82, 2.24) is 9.97 Å². The van der Waals surface area contributed by atoms with Crippen molar-refractivity contribution < 1.29 is 0 Å². The van der Waals surface area contributed by atoms with E-state index in [4.69, 9.17) is 5.73 Å². The number of hydrogen-bond donors (Lipinski definition) is 1. The predicted octanol–water partition coefficient (Wildman–Crippen LogP) is 1.98. The Morgan fingerprint density at radius 3 is 2.79 bits per heavy atom. The van der Waals surface area contributed by atoms with Gasteiger partial charge in [0.15, 0.2) is 0 Å². The van der Waals surface area contributed by atoms with E-state index in [1.165, 1.54) is 25.7 Å². The first-order valence-electron chi connectivity index (χ1n) is 5.32. The van der Waals surface area contributed by atoms with E-state index in [0.717, 1.165) is 11.5 Å². The summed E-state index contributed by atoms with van der Waals surface area (Å²) >= 11 is 0. The summed E-state index contributed by atoms with van der Waals surface area (Å²) in [6.45, 7) is 1.91. The van der Waals surface area contributed by atoms with Gasteiger partial charge in [-0.25, -0.2) is 9.97 Å². The lowest BCUT2D eigenvalue weighted by Crippen LogP contribution is -2.20. The van der Waals surface area contributed by atoms with Crippen LogP contribution in [-0.2, 0) is 0 Å². The molecule has 1 heterocycles. The zero-order chi connectivity index (χ0) is 9.97. The number of hydrogen-bond acceptors (Lipinski definition) is 3. The molecule has 3 heteroatoms. The topological polar surface area (TPSA) is 51.8 Å². The molecule has 0 amide bonds. The van der Waals surface area contributed by atoms with Crippen LogP contribution in [0.25, 0.3) is 0 Å². The van der Waals surface area contributed by atoms with Gasteiger partial charge in [0.2, 0.25) is 0 Å². The van der Waals surface area contributed by atoms with Crippen molar-refractivity contribution in [3.05, 3.63) is 23.8 Å². The van der Waals surface area contributed by atoms with E-state index in [1.54, 1.807) is 6.20 Å². The monoisotopic (exact) mass is 191 g/mol. The highest BCUT2D eigenvalue weighted by Crippen LogP contribution is 2.33. The van der Waals surface area contributed by atoms with Gasteiger partial charge in [-0.05, 0) is 31.7 Å². The zero-order valence-corrected chi connectivity index (χ0v) is 8.61. The fourth-order valence-corrected chi connectivity index (χ4v) is 2.22. The Balaban J connectivity index is 2.13. The first-order chi connectivity index (χ1) is 6.77. The number of rotatable bonds is 2. The molecule has 0 aromatic carbocycles. The van der Waals surface area contributed by atoms with Gasteiger partial charge in [0.05, 0.1) is 5.69 Å². The standard InChI is InChI=1S/C11H17N3/c1-8-13-7-6-10(14-8)11(12)9-4-2-3-5-9/h6-7,9,11H,2-5,12H2,1H3. The van der Waals surface area contributed by atoms with Crippen molar-refractivity contribution in [1.29, 1.82) is 0 Å². The number of aromatic nitrogens is 2. The van der Waals surface area contributed by atoms with Crippen LogP contribution < -0.4 is 5.73 Å². The molecule has 0 radical (unpaired) electrons. The van der Waals surface area contributed by atoms with Gasteiger partial charge in [-0.2, -0.15) is 0 Å². The Kier molecular flexibility index (Phi) is 2.77. The molecular weight excluding hydrogens is 174 g/mol. The summed E-state index contributed by atoms with van der Waals surface area (Å²) in [5, 5.41) is 0. The second kappa shape index (κ2) is 4.05. The van der Waals surface area contributed by atoms with Crippen molar-refractivity contribution in [2.24, 2.45) is 11.7 Å². The van der Waals surface area contributed by atoms with E-state index in [0.29, 0.717) is 5.92 Å². The second-order valence-electron chi connectivity index (χ2n) is 4.10.